The van der Waals surface area contributed by atoms with E-state index in [-0.39, 0.29) is 12.2 Å². The summed E-state index contributed by atoms with van der Waals surface area (Å²) in [5, 5.41) is 4.28. The highest BCUT2D eigenvalue weighted by molar-refractivity contribution is 7.07. The summed E-state index contributed by atoms with van der Waals surface area (Å²) in [7, 11) is 3.93. The van der Waals surface area contributed by atoms with E-state index in [2.05, 4.69) is 10.1 Å². The van der Waals surface area contributed by atoms with E-state index in [1.807, 2.05) is 62.5 Å². The number of aromatic nitrogens is 3. The van der Waals surface area contributed by atoms with E-state index in [0.29, 0.717) is 20.6 Å². The summed E-state index contributed by atoms with van der Waals surface area (Å²) in [4.78, 5) is 33.7. The van der Waals surface area contributed by atoms with Gasteiger partial charge in [0, 0.05) is 38.1 Å². The standard InChI is InChI=1S/C24H27N5O3S/c1-6-28-14-16(13-25-28)12-19-22(30)29-21(17-8-10-18(11-9-17)27(4)5)20(23(31)32-7-2)15(3)26-24(29)33-19/h8-14,21H,6-7H2,1-5H3. The van der Waals surface area contributed by atoms with E-state index in [0.717, 1.165) is 23.4 Å². The summed E-state index contributed by atoms with van der Waals surface area (Å²) >= 11 is 1.31. The molecule has 172 valence electrons. The van der Waals surface area contributed by atoms with E-state index in [1.165, 1.54) is 11.3 Å². The Hall–Kier alpha value is -3.46. The molecule has 0 aliphatic carbocycles. The minimum Gasteiger partial charge on any atom is -0.463 e. The van der Waals surface area contributed by atoms with E-state index < -0.39 is 12.0 Å². The number of allylic oxidation sites excluding steroid dienone is 1. The molecule has 2 aromatic heterocycles. The smallest absolute Gasteiger partial charge is 0.338 e. The number of esters is 1. The summed E-state index contributed by atoms with van der Waals surface area (Å²) in [6.45, 7) is 6.55. The topological polar surface area (TPSA) is 81.7 Å². The lowest BCUT2D eigenvalue weighted by molar-refractivity contribution is -0.139. The van der Waals surface area contributed by atoms with Crippen LogP contribution in [0.15, 0.2) is 57.7 Å². The molecule has 33 heavy (non-hydrogen) atoms. The Labute approximate surface area is 195 Å². The maximum Gasteiger partial charge on any atom is 0.338 e. The van der Waals surface area contributed by atoms with Gasteiger partial charge in [-0.1, -0.05) is 23.5 Å². The molecule has 0 radical (unpaired) electrons. The number of thiazole rings is 1. The Bertz CT molecular complexity index is 1390. The number of benzene rings is 1. The Morgan fingerprint density at radius 2 is 1.97 bits per heavy atom. The maximum atomic E-state index is 13.6. The number of ether oxygens (including phenoxy) is 1. The van der Waals surface area contributed by atoms with E-state index >= 15 is 0 Å². The third-order valence-corrected chi connectivity index (χ3v) is 6.50. The third kappa shape index (κ3) is 4.28. The molecule has 0 amide bonds. The second-order valence-corrected chi connectivity index (χ2v) is 8.93. The number of anilines is 1. The first-order valence-corrected chi connectivity index (χ1v) is 11.6. The number of nitrogens with zero attached hydrogens (tertiary/aromatic N) is 5. The molecule has 1 atom stereocenters. The highest BCUT2D eigenvalue weighted by atomic mass is 32.1. The van der Waals surface area contributed by atoms with Crippen molar-refractivity contribution in [2.75, 3.05) is 25.6 Å². The van der Waals surface area contributed by atoms with Gasteiger partial charge in [0.15, 0.2) is 4.80 Å². The minimum absolute atomic E-state index is 0.195. The van der Waals surface area contributed by atoms with Crippen LogP contribution in [-0.4, -0.2) is 41.0 Å². The number of carbonyl (C=O) groups excluding carboxylic acids is 1. The number of carbonyl (C=O) groups is 1. The summed E-state index contributed by atoms with van der Waals surface area (Å²) in [6.07, 6.45) is 5.44. The van der Waals surface area contributed by atoms with Gasteiger partial charge in [0.25, 0.3) is 5.56 Å². The molecule has 1 aliphatic heterocycles. The highest BCUT2D eigenvalue weighted by Crippen LogP contribution is 2.31. The van der Waals surface area contributed by atoms with Crippen LogP contribution in [0.5, 0.6) is 0 Å². The fourth-order valence-electron chi connectivity index (χ4n) is 3.84. The molecule has 0 fully saturated rings. The van der Waals surface area contributed by atoms with Gasteiger partial charge in [-0.25, -0.2) is 9.79 Å². The average molecular weight is 466 g/mol. The zero-order valence-corrected chi connectivity index (χ0v) is 20.2. The molecule has 0 bridgehead atoms. The average Bonchev–Trinajstić information content (AvgIpc) is 3.37. The number of hydrogen-bond donors (Lipinski definition) is 0. The molecule has 1 aliphatic rings. The molecule has 0 saturated carbocycles. The fourth-order valence-corrected chi connectivity index (χ4v) is 4.89. The molecule has 0 spiro atoms. The molecular formula is C24H27N5O3S. The Morgan fingerprint density at radius 1 is 1.24 bits per heavy atom. The second kappa shape index (κ2) is 9.19. The quantitative estimate of drug-likeness (QED) is 0.521. The van der Waals surface area contributed by atoms with Crippen molar-refractivity contribution in [2.45, 2.75) is 33.4 Å². The van der Waals surface area contributed by atoms with Crippen LogP contribution in [0.1, 0.15) is 37.9 Å². The Kier molecular flexibility index (Phi) is 6.33. The lowest BCUT2D eigenvalue weighted by Crippen LogP contribution is -2.39. The van der Waals surface area contributed by atoms with Crippen LogP contribution in [0.4, 0.5) is 5.69 Å². The van der Waals surface area contributed by atoms with Crippen molar-refractivity contribution < 1.29 is 9.53 Å². The summed E-state index contributed by atoms with van der Waals surface area (Å²) in [6, 6.07) is 7.23. The first-order chi connectivity index (χ1) is 15.8. The highest BCUT2D eigenvalue weighted by Gasteiger charge is 2.33. The number of hydrogen-bond acceptors (Lipinski definition) is 7. The predicted molar refractivity (Wildman–Crippen MR) is 129 cm³/mol. The van der Waals surface area contributed by atoms with E-state index in [1.54, 1.807) is 29.3 Å². The van der Waals surface area contributed by atoms with Gasteiger partial charge in [-0.05, 0) is 44.5 Å². The van der Waals surface area contributed by atoms with E-state index in [4.69, 9.17) is 4.74 Å². The zero-order chi connectivity index (χ0) is 23.7. The van der Waals surface area contributed by atoms with Gasteiger partial charge >= 0.3 is 5.97 Å². The fraction of sp³-hybridized carbons (Fsp3) is 0.333. The van der Waals surface area contributed by atoms with Gasteiger partial charge in [-0.3, -0.25) is 14.0 Å². The van der Waals surface area contributed by atoms with Gasteiger partial charge in [-0.2, -0.15) is 5.10 Å². The first kappa shape index (κ1) is 22.7. The summed E-state index contributed by atoms with van der Waals surface area (Å²) < 4.78 is 9.29. The van der Waals surface area contributed by atoms with Crippen LogP contribution in [0.2, 0.25) is 0 Å². The van der Waals surface area contributed by atoms with Gasteiger partial charge < -0.3 is 9.64 Å². The largest absolute Gasteiger partial charge is 0.463 e. The lowest BCUT2D eigenvalue weighted by Gasteiger charge is -2.25. The number of rotatable bonds is 6. The predicted octanol–water partition coefficient (Wildman–Crippen LogP) is 2.08. The summed E-state index contributed by atoms with van der Waals surface area (Å²) in [5.74, 6) is -0.459. The number of fused-ring (bicyclic) bond motifs is 1. The van der Waals surface area contributed by atoms with Crippen LogP contribution in [0, 0.1) is 0 Å². The summed E-state index contributed by atoms with van der Waals surface area (Å²) in [5.41, 5.74) is 3.44. The van der Waals surface area contributed by atoms with Gasteiger partial charge in [0.1, 0.15) is 0 Å². The van der Waals surface area contributed by atoms with Gasteiger partial charge in [0.05, 0.1) is 34.6 Å². The molecule has 0 N–H and O–H groups in total. The zero-order valence-electron chi connectivity index (χ0n) is 19.4. The normalized spacial score (nSPS) is 15.9. The van der Waals surface area contributed by atoms with Crippen molar-refractivity contribution in [3.63, 3.8) is 0 Å². The Balaban J connectivity index is 1.91. The number of aryl methyl sites for hydroxylation is 1. The first-order valence-electron chi connectivity index (χ1n) is 10.8. The van der Waals surface area contributed by atoms with Crippen LogP contribution in [-0.2, 0) is 16.1 Å². The molecule has 1 unspecified atom stereocenters. The van der Waals surface area contributed by atoms with Crippen molar-refractivity contribution in [3.05, 3.63) is 78.7 Å². The van der Waals surface area contributed by atoms with Crippen LogP contribution >= 0.6 is 11.3 Å². The minimum atomic E-state index is -0.614. The monoisotopic (exact) mass is 465 g/mol. The van der Waals surface area contributed by atoms with Crippen LogP contribution in [0.3, 0.4) is 0 Å². The van der Waals surface area contributed by atoms with Crippen molar-refractivity contribution in [3.8, 4) is 0 Å². The van der Waals surface area contributed by atoms with Crippen LogP contribution < -0.4 is 19.8 Å². The molecule has 3 aromatic rings. The van der Waals surface area contributed by atoms with Crippen molar-refractivity contribution >= 4 is 29.1 Å². The molecular weight excluding hydrogens is 438 g/mol. The lowest BCUT2D eigenvalue weighted by atomic mass is 9.95. The van der Waals surface area contributed by atoms with Gasteiger partial charge in [0.2, 0.25) is 0 Å². The molecule has 3 heterocycles. The Morgan fingerprint density at radius 3 is 2.58 bits per heavy atom. The van der Waals surface area contributed by atoms with Crippen LogP contribution in [0.25, 0.3) is 6.08 Å². The molecule has 9 heteroatoms. The van der Waals surface area contributed by atoms with Crippen molar-refractivity contribution in [2.24, 2.45) is 4.99 Å². The molecule has 4 rings (SSSR count). The maximum absolute atomic E-state index is 13.6. The van der Waals surface area contributed by atoms with Gasteiger partial charge in [-0.15, -0.1) is 0 Å². The molecule has 8 nitrogen and oxygen atoms in total. The van der Waals surface area contributed by atoms with E-state index in [9.17, 15) is 9.59 Å². The van der Waals surface area contributed by atoms with Crippen molar-refractivity contribution in [1.82, 2.24) is 14.3 Å². The van der Waals surface area contributed by atoms with Crippen molar-refractivity contribution in [1.29, 1.82) is 0 Å². The SMILES string of the molecule is CCOC(=O)C1=C(C)N=c2sc(=Cc3cnn(CC)c3)c(=O)n2C1c1ccc(N(C)C)cc1. The second-order valence-electron chi connectivity index (χ2n) is 7.92. The third-order valence-electron chi connectivity index (χ3n) is 5.52. The molecule has 1 aromatic carbocycles. The molecule has 0 saturated heterocycles.